The predicted molar refractivity (Wildman–Crippen MR) is 115 cm³/mol. The maximum atomic E-state index is 13.2. The first-order valence-electron chi connectivity index (χ1n) is 9.27. The zero-order valence-electron chi connectivity index (χ0n) is 15.9. The van der Waals surface area contributed by atoms with Crippen LogP contribution in [-0.2, 0) is 16.0 Å². The molecule has 0 aliphatic carbocycles. The van der Waals surface area contributed by atoms with Gasteiger partial charge in [-0.05, 0) is 35.6 Å². The molecule has 1 aliphatic rings. The first-order chi connectivity index (χ1) is 14.2. The second-order valence-corrected chi connectivity index (χ2v) is 7.50. The summed E-state index contributed by atoms with van der Waals surface area (Å²) in [5, 5.41) is 5.05. The van der Waals surface area contributed by atoms with Crippen molar-refractivity contribution in [3.63, 3.8) is 0 Å². The van der Waals surface area contributed by atoms with Crippen LogP contribution < -0.4 is 10.1 Å². The van der Waals surface area contributed by atoms with Crippen LogP contribution in [0.2, 0.25) is 0 Å². The van der Waals surface area contributed by atoms with Crippen molar-refractivity contribution in [3.05, 3.63) is 88.2 Å². The number of imide groups is 1. The second-order valence-electron chi connectivity index (χ2n) is 6.55. The predicted octanol–water partition coefficient (Wildman–Crippen LogP) is 4.19. The molecule has 5 nitrogen and oxygen atoms in total. The van der Waals surface area contributed by atoms with Gasteiger partial charge in [-0.3, -0.25) is 14.5 Å². The number of carbonyl (C=O) groups is 2. The zero-order chi connectivity index (χ0) is 20.2. The van der Waals surface area contributed by atoms with E-state index < -0.39 is 0 Å². The molecule has 4 rings (SSSR count). The quantitative estimate of drug-likeness (QED) is 0.600. The highest BCUT2D eigenvalue weighted by molar-refractivity contribution is 7.11. The smallest absolute Gasteiger partial charge is 0.278 e. The zero-order valence-corrected chi connectivity index (χ0v) is 16.7. The normalized spacial score (nSPS) is 13.9. The molecular weight excluding hydrogens is 384 g/mol. The van der Waals surface area contributed by atoms with Crippen LogP contribution in [0.5, 0.6) is 5.75 Å². The molecule has 146 valence electrons. The van der Waals surface area contributed by atoms with Crippen molar-refractivity contribution in [2.24, 2.45) is 0 Å². The van der Waals surface area contributed by atoms with Crippen LogP contribution in [0.1, 0.15) is 10.4 Å². The van der Waals surface area contributed by atoms with Gasteiger partial charge in [0.25, 0.3) is 11.8 Å². The topological polar surface area (TPSA) is 58.6 Å². The number of rotatable bonds is 7. The molecule has 0 atom stereocenters. The van der Waals surface area contributed by atoms with Gasteiger partial charge in [-0.15, -0.1) is 11.3 Å². The molecule has 1 aliphatic heterocycles. The molecule has 0 bridgehead atoms. The van der Waals surface area contributed by atoms with Gasteiger partial charge in [0.05, 0.1) is 18.4 Å². The summed E-state index contributed by atoms with van der Waals surface area (Å²) in [4.78, 5) is 28.5. The average Bonchev–Trinajstić information content (AvgIpc) is 3.35. The van der Waals surface area contributed by atoms with E-state index in [4.69, 9.17) is 4.74 Å². The van der Waals surface area contributed by atoms with Gasteiger partial charge in [0, 0.05) is 11.4 Å². The lowest BCUT2D eigenvalue weighted by Gasteiger charge is -2.16. The maximum Gasteiger partial charge on any atom is 0.278 e. The Kier molecular flexibility index (Phi) is 5.44. The second kappa shape index (κ2) is 8.32. The number of nitrogens with one attached hydrogen (secondary N) is 1. The minimum atomic E-state index is -0.319. The Hall–Kier alpha value is -3.38. The number of amides is 2. The van der Waals surface area contributed by atoms with E-state index in [-0.39, 0.29) is 17.5 Å². The third-order valence-corrected chi connectivity index (χ3v) is 5.66. The highest BCUT2D eigenvalue weighted by Crippen LogP contribution is 2.34. The molecule has 1 aromatic heterocycles. The third-order valence-electron chi connectivity index (χ3n) is 4.77. The molecule has 0 radical (unpaired) electrons. The van der Waals surface area contributed by atoms with E-state index in [9.17, 15) is 9.59 Å². The summed E-state index contributed by atoms with van der Waals surface area (Å²) in [6.45, 7) is 0.327. The number of benzene rings is 2. The van der Waals surface area contributed by atoms with Crippen molar-refractivity contribution < 1.29 is 14.3 Å². The van der Waals surface area contributed by atoms with E-state index in [1.165, 1.54) is 16.2 Å². The lowest BCUT2D eigenvalue weighted by Crippen LogP contribution is -2.34. The fraction of sp³-hybridized carbons (Fsp3) is 0.130. The van der Waals surface area contributed by atoms with E-state index >= 15 is 0 Å². The van der Waals surface area contributed by atoms with Crippen molar-refractivity contribution in [3.8, 4) is 5.75 Å². The molecule has 2 amide bonds. The first kappa shape index (κ1) is 19.0. The van der Waals surface area contributed by atoms with Gasteiger partial charge in [-0.1, -0.05) is 48.5 Å². The van der Waals surface area contributed by atoms with Crippen LogP contribution in [0, 0.1) is 0 Å². The Labute approximate surface area is 173 Å². The standard InChI is InChI=1S/C23H20N2O3S/c1-28-18-11-6-5-10-17(18)24-21-20(19-12-7-15-29-19)22(26)25(23(21)27)14-13-16-8-3-2-4-9-16/h2-12,15,24H,13-14H2,1H3. The van der Waals surface area contributed by atoms with Crippen molar-refractivity contribution in [2.75, 3.05) is 19.0 Å². The van der Waals surface area contributed by atoms with E-state index in [1.807, 2.05) is 72.1 Å². The fourth-order valence-corrected chi connectivity index (χ4v) is 4.08. The molecule has 2 aromatic carbocycles. The molecule has 2 heterocycles. The number of methoxy groups -OCH3 is 1. The monoisotopic (exact) mass is 404 g/mol. The summed E-state index contributed by atoms with van der Waals surface area (Å²) >= 11 is 1.44. The molecule has 1 N–H and O–H groups in total. The largest absolute Gasteiger partial charge is 0.495 e. The number of hydrogen-bond donors (Lipinski definition) is 1. The number of para-hydroxylation sites is 2. The van der Waals surface area contributed by atoms with Gasteiger partial charge in [-0.2, -0.15) is 0 Å². The van der Waals surface area contributed by atoms with Crippen LogP contribution in [-0.4, -0.2) is 30.4 Å². The van der Waals surface area contributed by atoms with Gasteiger partial charge in [0.2, 0.25) is 0 Å². The molecule has 0 fully saturated rings. The Morgan fingerprint density at radius 2 is 1.69 bits per heavy atom. The average molecular weight is 404 g/mol. The fourth-order valence-electron chi connectivity index (χ4n) is 3.31. The van der Waals surface area contributed by atoms with Crippen molar-refractivity contribution >= 4 is 34.4 Å². The molecule has 6 heteroatoms. The van der Waals surface area contributed by atoms with Gasteiger partial charge in [0.1, 0.15) is 11.4 Å². The van der Waals surface area contributed by atoms with Gasteiger partial charge >= 0.3 is 0 Å². The third kappa shape index (κ3) is 3.79. The minimum Gasteiger partial charge on any atom is -0.495 e. The van der Waals surface area contributed by atoms with Crippen molar-refractivity contribution in [2.45, 2.75) is 6.42 Å². The summed E-state index contributed by atoms with van der Waals surface area (Å²) in [6.07, 6.45) is 0.609. The molecule has 3 aromatic rings. The SMILES string of the molecule is COc1ccccc1NC1=C(c2cccs2)C(=O)N(CCc2ccccc2)C1=O. The van der Waals surface area contributed by atoms with E-state index in [1.54, 1.807) is 7.11 Å². The Morgan fingerprint density at radius 3 is 2.41 bits per heavy atom. The van der Waals surface area contributed by atoms with Crippen molar-refractivity contribution in [1.82, 2.24) is 4.90 Å². The van der Waals surface area contributed by atoms with Gasteiger partial charge in [0.15, 0.2) is 0 Å². The minimum absolute atomic E-state index is 0.272. The van der Waals surface area contributed by atoms with Crippen LogP contribution in [0.4, 0.5) is 5.69 Å². The Morgan fingerprint density at radius 1 is 0.931 bits per heavy atom. The lowest BCUT2D eigenvalue weighted by atomic mass is 10.1. The summed E-state index contributed by atoms with van der Waals surface area (Å²) < 4.78 is 5.38. The van der Waals surface area contributed by atoms with E-state index in [0.29, 0.717) is 30.0 Å². The number of thiophene rings is 1. The Balaban J connectivity index is 1.65. The Bertz CT molecular complexity index is 1060. The van der Waals surface area contributed by atoms with E-state index in [0.717, 1.165) is 10.4 Å². The first-order valence-corrected chi connectivity index (χ1v) is 10.2. The number of hydrogen-bond acceptors (Lipinski definition) is 5. The molecule has 29 heavy (non-hydrogen) atoms. The van der Waals surface area contributed by atoms with Gasteiger partial charge in [-0.25, -0.2) is 0 Å². The van der Waals surface area contributed by atoms with Crippen LogP contribution >= 0.6 is 11.3 Å². The number of nitrogens with zero attached hydrogens (tertiary/aromatic N) is 1. The van der Waals surface area contributed by atoms with Gasteiger partial charge < -0.3 is 10.1 Å². The molecule has 0 unspecified atom stereocenters. The molecule has 0 saturated heterocycles. The van der Waals surface area contributed by atoms with Crippen LogP contribution in [0.3, 0.4) is 0 Å². The van der Waals surface area contributed by atoms with Crippen LogP contribution in [0.25, 0.3) is 5.57 Å². The van der Waals surface area contributed by atoms with Crippen molar-refractivity contribution in [1.29, 1.82) is 0 Å². The van der Waals surface area contributed by atoms with Crippen LogP contribution in [0.15, 0.2) is 77.8 Å². The van der Waals surface area contributed by atoms with E-state index in [2.05, 4.69) is 5.32 Å². The number of ether oxygens (including phenoxy) is 1. The summed E-state index contributed by atoms with van der Waals surface area (Å²) in [5.41, 5.74) is 2.42. The maximum absolute atomic E-state index is 13.2. The summed E-state index contributed by atoms with van der Waals surface area (Å²) in [7, 11) is 1.57. The summed E-state index contributed by atoms with van der Waals surface area (Å²) in [5.74, 6) is 0.0135. The highest BCUT2D eigenvalue weighted by Gasteiger charge is 2.39. The number of carbonyl (C=O) groups excluding carboxylic acids is 2. The molecular formula is C23H20N2O3S. The highest BCUT2D eigenvalue weighted by atomic mass is 32.1. The number of anilines is 1. The molecule has 0 saturated carbocycles. The molecule has 0 spiro atoms. The summed E-state index contributed by atoms with van der Waals surface area (Å²) in [6, 6.07) is 20.9. The lowest BCUT2D eigenvalue weighted by molar-refractivity contribution is -0.136.